The number of amides is 2. The lowest BCUT2D eigenvalue weighted by atomic mass is 10.1. The zero-order valence-corrected chi connectivity index (χ0v) is 17.6. The largest absolute Gasteiger partial charge is 0.497 e. The van der Waals surface area contributed by atoms with Crippen LogP contribution in [0.1, 0.15) is 16.1 Å². The third kappa shape index (κ3) is 3.88. The van der Waals surface area contributed by atoms with Crippen LogP contribution in [-0.2, 0) is 9.59 Å². The number of thiocarbonyl (C=S) groups is 1. The summed E-state index contributed by atoms with van der Waals surface area (Å²) >= 11 is 5.22. The Labute approximate surface area is 188 Å². The van der Waals surface area contributed by atoms with Crippen molar-refractivity contribution in [2.45, 2.75) is 0 Å². The second-order valence-electron chi connectivity index (χ2n) is 6.81. The lowest BCUT2D eigenvalue weighted by molar-refractivity contribution is -0.122. The number of methoxy groups -OCH3 is 1. The highest BCUT2D eigenvalue weighted by Crippen LogP contribution is 2.25. The number of rotatable bonds is 5. The molecule has 0 unspecified atom stereocenters. The second-order valence-corrected chi connectivity index (χ2v) is 7.20. The molecule has 1 saturated heterocycles. The van der Waals surface area contributed by atoms with Crippen molar-refractivity contribution < 1.29 is 24.2 Å². The minimum absolute atomic E-state index is 0.0121. The van der Waals surface area contributed by atoms with Crippen LogP contribution in [0.15, 0.2) is 72.4 Å². The number of aromatic nitrogens is 1. The summed E-state index contributed by atoms with van der Waals surface area (Å²) in [6.45, 7) is 0. The Morgan fingerprint density at radius 3 is 2.31 bits per heavy atom. The van der Waals surface area contributed by atoms with Gasteiger partial charge in [0, 0.05) is 17.6 Å². The van der Waals surface area contributed by atoms with Gasteiger partial charge in [-0.3, -0.25) is 19.8 Å². The molecule has 2 heterocycles. The van der Waals surface area contributed by atoms with E-state index in [4.69, 9.17) is 22.1 Å². The van der Waals surface area contributed by atoms with Gasteiger partial charge in [-0.2, -0.15) is 0 Å². The molecule has 32 heavy (non-hydrogen) atoms. The number of anilines is 1. The van der Waals surface area contributed by atoms with Gasteiger partial charge in [0.1, 0.15) is 11.3 Å². The van der Waals surface area contributed by atoms with Crippen LogP contribution in [0.2, 0.25) is 0 Å². The van der Waals surface area contributed by atoms with Crippen molar-refractivity contribution in [3.63, 3.8) is 0 Å². The maximum Gasteiger partial charge on any atom is 0.335 e. The quantitative estimate of drug-likeness (QED) is 0.354. The molecule has 0 bridgehead atoms. The molecule has 2 N–H and O–H groups in total. The van der Waals surface area contributed by atoms with E-state index < -0.39 is 17.8 Å². The third-order valence-corrected chi connectivity index (χ3v) is 5.18. The maximum atomic E-state index is 13.2. The molecule has 0 radical (unpaired) electrons. The Morgan fingerprint density at radius 2 is 1.69 bits per heavy atom. The van der Waals surface area contributed by atoms with E-state index in [0.717, 1.165) is 0 Å². The molecule has 2 amide bonds. The van der Waals surface area contributed by atoms with E-state index in [9.17, 15) is 14.4 Å². The van der Waals surface area contributed by atoms with Crippen LogP contribution < -0.4 is 15.0 Å². The first-order valence-corrected chi connectivity index (χ1v) is 9.86. The topological polar surface area (TPSA) is 101 Å². The van der Waals surface area contributed by atoms with Gasteiger partial charge in [0.25, 0.3) is 11.8 Å². The fourth-order valence-corrected chi connectivity index (χ4v) is 3.56. The molecule has 1 aliphatic heterocycles. The van der Waals surface area contributed by atoms with E-state index in [-0.39, 0.29) is 16.2 Å². The number of hydrogen-bond donors (Lipinski definition) is 2. The predicted octanol–water partition coefficient (Wildman–Crippen LogP) is 3.02. The normalized spacial score (nSPS) is 15.1. The molecular formula is C23H17N3O5S. The fourth-order valence-electron chi connectivity index (χ4n) is 3.28. The number of hydrogen-bond acceptors (Lipinski definition) is 5. The number of nitrogens with one attached hydrogen (secondary N) is 1. The van der Waals surface area contributed by atoms with Crippen molar-refractivity contribution in [3.8, 4) is 11.4 Å². The van der Waals surface area contributed by atoms with Gasteiger partial charge in [0.15, 0.2) is 5.11 Å². The standard InChI is InChI=1S/C23H17N3O5S/c1-31-18-10-8-16(9-11-18)26-21(28)19(20(27)24-23(26)32)13-17-3-2-12-25(17)15-6-4-14(5-7-15)22(29)30/h2-13H,1H3,(H,29,30)(H,24,27,32)/b19-13-. The molecule has 9 heteroatoms. The van der Waals surface area contributed by atoms with E-state index in [1.165, 1.54) is 30.2 Å². The number of ether oxygens (including phenoxy) is 1. The van der Waals surface area contributed by atoms with E-state index in [1.54, 1.807) is 59.3 Å². The van der Waals surface area contributed by atoms with Crippen LogP contribution in [0.5, 0.6) is 5.75 Å². The molecule has 4 rings (SSSR count). The van der Waals surface area contributed by atoms with Gasteiger partial charge >= 0.3 is 5.97 Å². The molecule has 0 saturated carbocycles. The van der Waals surface area contributed by atoms with Crippen molar-refractivity contribution in [3.05, 3.63) is 83.7 Å². The third-order valence-electron chi connectivity index (χ3n) is 4.90. The fraction of sp³-hybridized carbons (Fsp3) is 0.0435. The summed E-state index contributed by atoms with van der Waals surface area (Å²) in [4.78, 5) is 38.1. The second kappa shape index (κ2) is 8.48. The number of carboxylic acids is 1. The Hall–Kier alpha value is -4.24. The molecule has 2 aromatic carbocycles. The molecule has 0 aliphatic carbocycles. The summed E-state index contributed by atoms with van der Waals surface area (Å²) in [5.41, 5.74) is 1.81. The minimum atomic E-state index is -1.02. The minimum Gasteiger partial charge on any atom is -0.497 e. The van der Waals surface area contributed by atoms with Crippen LogP contribution in [0.25, 0.3) is 11.8 Å². The zero-order valence-electron chi connectivity index (χ0n) is 16.8. The summed E-state index contributed by atoms with van der Waals surface area (Å²) < 4.78 is 6.88. The molecule has 0 atom stereocenters. The number of benzene rings is 2. The first-order chi connectivity index (χ1) is 15.4. The Morgan fingerprint density at radius 1 is 1.03 bits per heavy atom. The lowest BCUT2D eigenvalue weighted by Gasteiger charge is -2.29. The monoisotopic (exact) mass is 447 g/mol. The van der Waals surface area contributed by atoms with E-state index >= 15 is 0 Å². The molecule has 8 nitrogen and oxygen atoms in total. The number of aromatic carboxylic acids is 1. The Bertz CT molecular complexity index is 1260. The summed E-state index contributed by atoms with van der Waals surface area (Å²) in [6, 6.07) is 16.5. The van der Waals surface area contributed by atoms with Crippen LogP contribution >= 0.6 is 12.2 Å². The predicted molar refractivity (Wildman–Crippen MR) is 122 cm³/mol. The average molecular weight is 447 g/mol. The first kappa shape index (κ1) is 21.0. The van der Waals surface area contributed by atoms with Crippen molar-refractivity contribution in [2.75, 3.05) is 12.0 Å². The van der Waals surface area contributed by atoms with Crippen molar-refractivity contribution >= 4 is 46.9 Å². The number of carboxylic acid groups (broad SMARTS) is 1. The van der Waals surface area contributed by atoms with E-state index in [1.807, 2.05) is 0 Å². The van der Waals surface area contributed by atoms with Crippen LogP contribution in [0.4, 0.5) is 5.69 Å². The van der Waals surface area contributed by atoms with E-state index in [0.29, 0.717) is 22.8 Å². The van der Waals surface area contributed by atoms with E-state index in [2.05, 4.69) is 5.32 Å². The number of carbonyl (C=O) groups excluding carboxylic acids is 2. The van der Waals surface area contributed by atoms with Gasteiger partial charge in [0.2, 0.25) is 0 Å². The summed E-state index contributed by atoms with van der Waals surface area (Å²) in [6.07, 6.45) is 3.22. The number of nitrogens with zero attached hydrogens (tertiary/aromatic N) is 2. The highest BCUT2D eigenvalue weighted by molar-refractivity contribution is 7.80. The number of carbonyl (C=O) groups is 3. The molecule has 1 aromatic heterocycles. The van der Waals surface area contributed by atoms with Crippen molar-refractivity contribution in [1.82, 2.24) is 9.88 Å². The van der Waals surface area contributed by atoms with Crippen LogP contribution in [0, 0.1) is 0 Å². The smallest absolute Gasteiger partial charge is 0.335 e. The van der Waals surface area contributed by atoms with Gasteiger partial charge in [-0.15, -0.1) is 0 Å². The van der Waals surface area contributed by atoms with Crippen LogP contribution in [0.3, 0.4) is 0 Å². The average Bonchev–Trinajstić information content (AvgIpc) is 3.25. The molecule has 0 spiro atoms. The summed E-state index contributed by atoms with van der Waals surface area (Å²) in [7, 11) is 1.54. The Balaban J connectivity index is 1.70. The van der Waals surface area contributed by atoms with Gasteiger partial charge in [-0.05, 0) is 79.0 Å². The van der Waals surface area contributed by atoms with Gasteiger partial charge in [-0.1, -0.05) is 0 Å². The lowest BCUT2D eigenvalue weighted by Crippen LogP contribution is -2.54. The highest BCUT2D eigenvalue weighted by Gasteiger charge is 2.34. The van der Waals surface area contributed by atoms with Crippen molar-refractivity contribution in [1.29, 1.82) is 0 Å². The maximum absolute atomic E-state index is 13.2. The van der Waals surface area contributed by atoms with Gasteiger partial charge in [0.05, 0.1) is 18.4 Å². The molecule has 1 fully saturated rings. The molecular weight excluding hydrogens is 430 g/mol. The molecule has 1 aliphatic rings. The SMILES string of the molecule is COc1ccc(N2C(=O)/C(=C\c3cccn3-c3ccc(C(=O)O)cc3)C(=O)NC2=S)cc1. The zero-order chi connectivity index (χ0) is 22.8. The summed E-state index contributed by atoms with van der Waals surface area (Å²) in [5, 5.41) is 11.6. The van der Waals surface area contributed by atoms with Gasteiger partial charge < -0.3 is 14.4 Å². The summed E-state index contributed by atoms with van der Waals surface area (Å²) in [5.74, 6) is -1.56. The molecule has 3 aromatic rings. The Kier molecular flexibility index (Phi) is 5.57. The first-order valence-electron chi connectivity index (χ1n) is 9.45. The molecule has 160 valence electrons. The van der Waals surface area contributed by atoms with Crippen molar-refractivity contribution in [2.24, 2.45) is 0 Å². The highest BCUT2D eigenvalue weighted by atomic mass is 32.1. The van der Waals surface area contributed by atoms with Gasteiger partial charge in [-0.25, -0.2) is 4.79 Å². The van der Waals surface area contributed by atoms with Crippen LogP contribution in [-0.4, -0.2) is 39.7 Å².